The number of hydrogen-bond donors (Lipinski definition) is 3. The first-order valence-electron chi connectivity index (χ1n) is 4.90. The van der Waals surface area contributed by atoms with Gasteiger partial charge in [-0.05, 0) is 22.0 Å². The highest BCUT2D eigenvalue weighted by molar-refractivity contribution is 9.10. The molecule has 2 rings (SSSR count). The molecule has 0 aliphatic carbocycles. The van der Waals surface area contributed by atoms with E-state index in [9.17, 15) is 4.79 Å². The maximum absolute atomic E-state index is 12.0. The number of pyridine rings is 1. The number of hydrogen-bond acceptors (Lipinski definition) is 6. The molecule has 8 heteroatoms. The number of halogens is 1. The molecule has 0 saturated heterocycles. The van der Waals surface area contributed by atoms with Crippen LogP contribution in [0.2, 0.25) is 0 Å². The molecule has 2 heterocycles. The fourth-order valence-corrected chi connectivity index (χ4v) is 1.61. The van der Waals surface area contributed by atoms with Crippen LogP contribution in [-0.4, -0.2) is 20.9 Å². The van der Waals surface area contributed by atoms with Gasteiger partial charge in [-0.1, -0.05) is 0 Å². The first kappa shape index (κ1) is 12.4. The summed E-state index contributed by atoms with van der Waals surface area (Å²) in [6, 6.07) is 1.61. The topological polar surface area (TPSA) is 106 Å². The SMILES string of the molecule is NNc1ncc(Br)cc1C(=O)Nc1cnccn1. The Morgan fingerprint density at radius 2 is 2.11 bits per heavy atom. The minimum atomic E-state index is -0.378. The Balaban J connectivity index is 2.26. The molecule has 0 fully saturated rings. The predicted molar refractivity (Wildman–Crippen MR) is 69.7 cm³/mol. The lowest BCUT2D eigenvalue weighted by Gasteiger charge is -2.08. The molecular formula is C10H9BrN6O. The standard InChI is InChI=1S/C10H9BrN6O/c11-6-3-7(9(17-12)15-4-6)10(18)16-8-5-13-1-2-14-8/h1-5H,12H2,(H,15,17)(H,14,16,18). The Morgan fingerprint density at radius 3 is 2.78 bits per heavy atom. The van der Waals surface area contributed by atoms with E-state index in [1.54, 1.807) is 6.07 Å². The summed E-state index contributed by atoms with van der Waals surface area (Å²) >= 11 is 3.24. The number of nitrogens with zero attached hydrogens (tertiary/aromatic N) is 3. The number of hydrazine groups is 1. The van der Waals surface area contributed by atoms with Gasteiger partial charge in [0.15, 0.2) is 11.6 Å². The van der Waals surface area contributed by atoms with E-state index >= 15 is 0 Å². The Kier molecular flexibility index (Phi) is 3.80. The summed E-state index contributed by atoms with van der Waals surface area (Å²) in [7, 11) is 0. The predicted octanol–water partition coefficient (Wildman–Crippen LogP) is 1.17. The van der Waals surface area contributed by atoms with Gasteiger partial charge < -0.3 is 10.7 Å². The van der Waals surface area contributed by atoms with Crippen molar-refractivity contribution >= 4 is 33.5 Å². The van der Waals surface area contributed by atoms with Crippen LogP contribution in [0.4, 0.5) is 11.6 Å². The monoisotopic (exact) mass is 308 g/mol. The normalized spacial score (nSPS) is 9.89. The van der Waals surface area contributed by atoms with Crippen molar-refractivity contribution in [2.45, 2.75) is 0 Å². The van der Waals surface area contributed by atoms with Crippen molar-refractivity contribution in [1.29, 1.82) is 0 Å². The Labute approximate surface area is 111 Å². The highest BCUT2D eigenvalue weighted by atomic mass is 79.9. The summed E-state index contributed by atoms with van der Waals surface area (Å²) < 4.78 is 0.672. The maximum Gasteiger partial charge on any atom is 0.260 e. The fraction of sp³-hybridized carbons (Fsp3) is 0. The van der Waals surface area contributed by atoms with Crippen molar-refractivity contribution in [3.05, 3.63) is 40.9 Å². The van der Waals surface area contributed by atoms with E-state index in [0.29, 0.717) is 15.9 Å². The molecule has 0 aromatic carbocycles. The van der Waals surface area contributed by atoms with Gasteiger partial charge in [-0.15, -0.1) is 0 Å². The number of anilines is 2. The van der Waals surface area contributed by atoms with E-state index in [2.05, 4.69) is 41.6 Å². The molecule has 7 nitrogen and oxygen atoms in total. The molecule has 0 aliphatic heterocycles. The average Bonchev–Trinajstić information content (AvgIpc) is 2.40. The summed E-state index contributed by atoms with van der Waals surface area (Å²) in [6.45, 7) is 0. The van der Waals surface area contributed by atoms with E-state index in [4.69, 9.17) is 5.84 Å². The van der Waals surface area contributed by atoms with Crippen LogP contribution in [0.5, 0.6) is 0 Å². The average molecular weight is 309 g/mol. The number of amides is 1. The van der Waals surface area contributed by atoms with Crippen LogP contribution < -0.4 is 16.6 Å². The van der Waals surface area contributed by atoms with Gasteiger partial charge in [-0.2, -0.15) is 0 Å². The molecule has 2 aromatic heterocycles. The molecule has 0 unspecified atom stereocenters. The third kappa shape index (κ3) is 2.79. The number of nitrogens with two attached hydrogens (primary N) is 1. The molecule has 0 saturated carbocycles. The third-order valence-electron chi connectivity index (χ3n) is 2.04. The number of carbonyl (C=O) groups is 1. The van der Waals surface area contributed by atoms with Gasteiger partial charge >= 0.3 is 0 Å². The molecule has 18 heavy (non-hydrogen) atoms. The third-order valence-corrected chi connectivity index (χ3v) is 2.47. The molecule has 0 aliphatic rings. The molecule has 1 amide bonds. The highest BCUT2D eigenvalue weighted by Crippen LogP contribution is 2.18. The molecule has 0 bridgehead atoms. The van der Waals surface area contributed by atoms with Crippen molar-refractivity contribution in [2.75, 3.05) is 10.7 Å². The second-order valence-corrected chi connectivity index (χ2v) is 4.15. The van der Waals surface area contributed by atoms with Crippen molar-refractivity contribution in [3.63, 3.8) is 0 Å². The van der Waals surface area contributed by atoms with E-state index in [1.165, 1.54) is 24.8 Å². The van der Waals surface area contributed by atoms with E-state index < -0.39 is 0 Å². The van der Waals surface area contributed by atoms with Gasteiger partial charge in [-0.25, -0.2) is 15.8 Å². The van der Waals surface area contributed by atoms with Gasteiger partial charge in [0.1, 0.15) is 0 Å². The first-order valence-corrected chi connectivity index (χ1v) is 5.69. The van der Waals surface area contributed by atoms with Crippen molar-refractivity contribution in [2.24, 2.45) is 5.84 Å². The minimum absolute atomic E-state index is 0.277. The molecular weight excluding hydrogens is 300 g/mol. The molecule has 92 valence electrons. The second-order valence-electron chi connectivity index (χ2n) is 3.24. The van der Waals surface area contributed by atoms with Crippen molar-refractivity contribution in [1.82, 2.24) is 15.0 Å². The highest BCUT2D eigenvalue weighted by Gasteiger charge is 2.13. The van der Waals surface area contributed by atoms with Crippen LogP contribution >= 0.6 is 15.9 Å². The van der Waals surface area contributed by atoms with Crippen LogP contribution in [0.1, 0.15) is 10.4 Å². The number of rotatable bonds is 3. The molecule has 0 spiro atoms. The zero-order valence-electron chi connectivity index (χ0n) is 9.09. The molecule has 0 radical (unpaired) electrons. The Bertz CT molecular complexity index is 562. The zero-order valence-corrected chi connectivity index (χ0v) is 10.7. The number of nitrogen functional groups attached to an aromatic ring is 1. The van der Waals surface area contributed by atoms with Crippen LogP contribution in [0.3, 0.4) is 0 Å². The lowest BCUT2D eigenvalue weighted by Crippen LogP contribution is -2.19. The van der Waals surface area contributed by atoms with Crippen LogP contribution in [0, 0.1) is 0 Å². The quantitative estimate of drug-likeness (QED) is 0.580. The van der Waals surface area contributed by atoms with Crippen LogP contribution in [-0.2, 0) is 0 Å². The summed E-state index contributed by atoms with van der Waals surface area (Å²) in [4.78, 5) is 23.8. The Hall–Kier alpha value is -2.06. The van der Waals surface area contributed by atoms with Crippen molar-refractivity contribution < 1.29 is 4.79 Å². The largest absolute Gasteiger partial charge is 0.308 e. The van der Waals surface area contributed by atoms with Gasteiger partial charge in [0, 0.05) is 23.1 Å². The fourth-order valence-electron chi connectivity index (χ4n) is 1.27. The summed E-state index contributed by atoms with van der Waals surface area (Å²) in [5, 5.41) is 2.59. The van der Waals surface area contributed by atoms with Gasteiger partial charge in [0.05, 0.1) is 11.8 Å². The maximum atomic E-state index is 12.0. The number of aromatic nitrogens is 3. The Morgan fingerprint density at radius 1 is 1.28 bits per heavy atom. The van der Waals surface area contributed by atoms with Crippen molar-refractivity contribution in [3.8, 4) is 0 Å². The summed E-state index contributed by atoms with van der Waals surface area (Å²) in [5.74, 6) is 5.55. The number of nitrogens with one attached hydrogen (secondary N) is 2. The lowest BCUT2D eigenvalue weighted by atomic mass is 10.2. The first-order chi connectivity index (χ1) is 8.70. The van der Waals surface area contributed by atoms with Crippen LogP contribution in [0.15, 0.2) is 35.3 Å². The molecule has 4 N–H and O–H groups in total. The van der Waals surface area contributed by atoms with Crippen LogP contribution in [0.25, 0.3) is 0 Å². The summed E-state index contributed by atoms with van der Waals surface area (Å²) in [5.41, 5.74) is 2.66. The molecule has 0 atom stereocenters. The van der Waals surface area contributed by atoms with Gasteiger partial charge in [0.25, 0.3) is 5.91 Å². The van der Waals surface area contributed by atoms with Gasteiger partial charge in [-0.3, -0.25) is 9.78 Å². The van der Waals surface area contributed by atoms with Gasteiger partial charge in [0.2, 0.25) is 0 Å². The number of carbonyl (C=O) groups excluding carboxylic acids is 1. The summed E-state index contributed by atoms with van der Waals surface area (Å²) in [6.07, 6.45) is 5.98. The van der Waals surface area contributed by atoms with E-state index in [1.807, 2.05) is 0 Å². The zero-order chi connectivity index (χ0) is 13.0. The molecule has 2 aromatic rings. The lowest BCUT2D eigenvalue weighted by molar-refractivity contribution is 0.102. The smallest absolute Gasteiger partial charge is 0.260 e. The van der Waals surface area contributed by atoms with E-state index in [0.717, 1.165) is 0 Å². The minimum Gasteiger partial charge on any atom is -0.308 e. The van der Waals surface area contributed by atoms with E-state index in [-0.39, 0.29) is 11.7 Å². The second kappa shape index (κ2) is 5.52.